The molecule has 0 unspecified atom stereocenters. The second kappa shape index (κ2) is 7.88. The maximum absolute atomic E-state index is 12.4. The number of nitrogens with one attached hydrogen (secondary N) is 3. The van der Waals surface area contributed by atoms with Gasteiger partial charge in [-0.2, -0.15) is 0 Å². The second-order valence-corrected chi connectivity index (χ2v) is 6.48. The Kier molecular flexibility index (Phi) is 4.97. The lowest BCUT2D eigenvalue weighted by atomic mass is 10.1. The van der Waals surface area contributed by atoms with E-state index in [4.69, 9.17) is 4.74 Å². The smallest absolute Gasteiger partial charge is 0.319 e. The van der Waals surface area contributed by atoms with Crippen LogP contribution in [0.2, 0.25) is 0 Å². The number of H-pyrrole nitrogens is 1. The van der Waals surface area contributed by atoms with Crippen molar-refractivity contribution in [1.82, 2.24) is 10.3 Å². The number of urea groups is 1. The lowest BCUT2D eigenvalue weighted by Crippen LogP contribution is -2.28. The van der Waals surface area contributed by atoms with Gasteiger partial charge in [0, 0.05) is 28.7 Å². The Balaban J connectivity index is 1.49. The quantitative estimate of drug-likeness (QED) is 0.453. The molecule has 0 aliphatic carbocycles. The van der Waals surface area contributed by atoms with Crippen molar-refractivity contribution in [3.63, 3.8) is 0 Å². The number of methoxy groups -OCH3 is 1. The van der Waals surface area contributed by atoms with Crippen LogP contribution in [0, 0.1) is 0 Å². The minimum atomic E-state index is -0.258. The van der Waals surface area contributed by atoms with Gasteiger partial charge >= 0.3 is 6.03 Å². The van der Waals surface area contributed by atoms with Crippen molar-refractivity contribution in [3.05, 3.63) is 84.4 Å². The van der Waals surface area contributed by atoms with Crippen molar-refractivity contribution in [2.24, 2.45) is 0 Å². The van der Waals surface area contributed by atoms with Crippen LogP contribution < -0.4 is 15.4 Å². The molecular formula is C23H21N3O2. The molecule has 140 valence electrons. The van der Waals surface area contributed by atoms with Gasteiger partial charge in [-0.3, -0.25) is 0 Å². The summed E-state index contributed by atoms with van der Waals surface area (Å²) in [5.41, 5.74) is 4.69. The number of benzene rings is 3. The van der Waals surface area contributed by atoms with E-state index < -0.39 is 0 Å². The Labute approximate surface area is 163 Å². The van der Waals surface area contributed by atoms with Gasteiger partial charge in [-0.1, -0.05) is 48.5 Å². The summed E-state index contributed by atoms with van der Waals surface area (Å²) in [6.45, 7) is 0.414. The van der Waals surface area contributed by atoms with Crippen molar-refractivity contribution in [3.8, 4) is 17.0 Å². The minimum Gasteiger partial charge on any atom is -0.497 e. The third-order valence-corrected chi connectivity index (χ3v) is 4.58. The summed E-state index contributed by atoms with van der Waals surface area (Å²) in [7, 11) is 1.63. The Bertz CT molecular complexity index is 1080. The third kappa shape index (κ3) is 3.83. The zero-order valence-corrected chi connectivity index (χ0v) is 15.5. The number of rotatable bonds is 5. The predicted octanol–water partition coefficient (Wildman–Crippen LogP) is 5.17. The second-order valence-electron chi connectivity index (χ2n) is 6.48. The van der Waals surface area contributed by atoms with Crippen LogP contribution in [0.5, 0.6) is 5.75 Å². The Morgan fingerprint density at radius 2 is 1.79 bits per heavy atom. The number of aromatic amines is 1. The molecule has 4 rings (SSSR count). The molecule has 28 heavy (non-hydrogen) atoms. The molecule has 0 aliphatic rings. The van der Waals surface area contributed by atoms with E-state index in [9.17, 15) is 4.79 Å². The zero-order chi connectivity index (χ0) is 19.3. The predicted molar refractivity (Wildman–Crippen MR) is 113 cm³/mol. The molecule has 5 nitrogen and oxygen atoms in total. The monoisotopic (exact) mass is 371 g/mol. The fourth-order valence-corrected chi connectivity index (χ4v) is 3.18. The van der Waals surface area contributed by atoms with Crippen LogP contribution in [0.1, 0.15) is 5.56 Å². The van der Waals surface area contributed by atoms with E-state index in [0.717, 1.165) is 39.2 Å². The van der Waals surface area contributed by atoms with E-state index in [1.807, 2.05) is 66.7 Å². The first kappa shape index (κ1) is 17.7. The van der Waals surface area contributed by atoms with E-state index in [-0.39, 0.29) is 6.03 Å². The molecule has 1 aromatic heterocycles. The maximum atomic E-state index is 12.4. The highest BCUT2D eigenvalue weighted by Gasteiger charge is 2.10. The molecular weight excluding hydrogens is 350 g/mol. The largest absolute Gasteiger partial charge is 0.497 e. The molecule has 0 aliphatic heterocycles. The first-order valence-electron chi connectivity index (χ1n) is 9.08. The van der Waals surface area contributed by atoms with Gasteiger partial charge in [0.05, 0.1) is 12.8 Å². The van der Waals surface area contributed by atoms with Crippen LogP contribution in [0.15, 0.2) is 78.9 Å². The molecule has 4 aromatic rings. The lowest BCUT2D eigenvalue weighted by Gasteiger charge is -2.11. The number of carbonyl (C=O) groups excluding carboxylic acids is 1. The number of anilines is 1. The summed E-state index contributed by atoms with van der Waals surface area (Å²) in [6.07, 6.45) is 0. The maximum Gasteiger partial charge on any atom is 0.319 e. The molecule has 0 atom stereocenters. The summed E-state index contributed by atoms with van der Waals surface area (Å²) >= 11 is 0. The van der Waals surface area contributed by atoms with E-state index >= 15 is 0 Å². The van der Waals surface area contributed by atoms with Crippen molar-refractivity contribution in [1.29, 1.82) is 0 Å². The van der Waals surface area contributed by atoms with Gasteiger partial charge in [-0.15, -0.1) is 0 Å². The number of aromatic nitrogens is 1. The average molecular weight is 371 g/mol. The van der Waals surface area contributed by atoms with Gasteiger partial charge in [0.2, 0.25) is 0 Å². The topological polar surface area (TPSA) is 66.2 Å². The van der Waals surface area contributed by atoms with Crippen LogP contribution in [0.25, 0.3) is 22.2 Å². The summed E-state index contributed by atoms with van der Waals surface area (Å²) in [4.78, 5) is 15.8. The van der Waals surface area contributed by atoms with Gasteiger partial charge in [0.1, 0.15) is 5.75 Å². The molecule has 0 fully saturated rings. The van der Waals surface area contributed by atoms with Gasteiger partial charge in [-0.25, -0.2) is 4.79 Å². The van der Waals surface area contributed by atoms with E-state index in [2.05, 4.69) is 27.8 Å². The van der Waals surface area contributed by atoms with Crippen LogP contribution >= 0.6 is 0 Å². The Morgan fingerprint density at radius 3 is 2.64 bits per heavy atom. The Morgan fingerprint density at radius 1 is 0.964 bits per heavy atom. The standard InChI is InChI=1S/C23H21N3O2/c1-28-18-9-6-7-16(13-18)15-24-23(27)26-21-12-5-3-10-19(21)22-14-17-8-2-4-11-20(17)25-22/h2-14,25H,15H2,1H3,(H2,24,26,27). The Hall–Kier alpha value is -3.73. The zero-order valence-electron chi connectivity index (χ0n) is 15.5. The molecule has 0 bridgehead atoms. The van der Waals surface area contributed by atoms with Gasteiger partial charge < -0.3 is 20.4 Å². The molecule has 0 spiro atoms. The lowest BCUT2D eigenvalue weighted by molar-refractivity contribution is 0.251. The highest BCUT2D eigenvalue weighted by molar-refractivity contribution is 5.96. The number of fused-ring (bicyclic) bond motifs is 1. The first-order valence-corrected chi connectivity index (χ1v) is 9.08. The van der Waals surface area contributed by atoms with Crippen LogP contribution in [-0.2, 0) is 6.54 Å². The highest BCUT2D eigenvalue weighted by Crippen LogP contribution is 2.30. The van der Waals surface area contributed by atoms with Crippen LogP contribution in [0.3, 0.4) is 0 Å². The van der Waals surface area contributed by atoms with Gasteiger partial charge in [0.15, 0.2) is 0 Å². The van der Waals surface area contributed by atoms with Crippen molar-refractivity contribution < 1.29 is 9.53 Å². The molecule has 0 radical (unpaired) electrons. The van der Waals surface area contributed by atoms with Crippen molar-refractivity contribution in [2.75, 3.05) is 12.4 Å². The molecule has 0 saturated heterocycles. The number of hydrogen-bond acceptors (Lipinski definition) is 2. The van der Waals surface area contributed by atoms with Gasteiger partial charge in [-0.05, 0) is 35.9 Å². The fraction of sp³-hybridized carbons (Fsp3) is 0.0870. The van der Waals surface area contributed by atoms with Crippen LogP contribution in [-0.4, -0.2) is 18.1 Å². The van der Waals surface area contributed by atoms with E-state index in [0.29, 0.717) is 6.54 Å². The molecule has 3 aromatic carbocycles. The third-order valence-electron chi connectivity index (χ3n) is 4.58. The minimum absolute atomic E-state index is 0.258. The van der Waals surface area contributed by atoms with E-state index in [1.54, 1.807) is 7.11 Å². The SMILES string of the molecule is COc1cccc(CNC(=O)Nc2ccccc2-c2cc3ccccc3[nH]2)c1. The van der Waals surface area contributed by atoms with Crippen molar-refractivity contribution in [2.45, 2.75) is 6.54 Å². The van der Waals surface area contributed by atoms with E-state index in [1.165, 1.54) is 0 Å². The molecule has 3 N–H and O–H groups in total. The summed E-state index contributed by atoms with van der Waals surface area (Å²) in [5.74, 6) is 0.767. The number of hydrogen-bond donors (Lipinski definition) is 3. The van der Waals surface area contributed by atoms with Crippen molar-refractivity contribution >= 4 is 22.6 Å². The highest BCUT2D eigenvalue weighted by atomic mass is 16.5. The summed E-state index contributed by atoms with van der Waals surface area (Å²) in [6, 6.07) is 25.3. The van der Waals surface area contributed by atoms with Crippen LogP contribution in [0.4, 0.5) is 10.5 Å². The molecule has 1 heterocycles. The average Bonchev–Trinajstić information content (AvgIpc) is 3.17. The summed E-state index contributed by atoms with van der Waals surface area (Å²) in [5, 5.41) is 6.97. The summed E-state index contributed by atoms with van der Waals surface area (Å²) < 4.78 is 5.22. The molecule has 2 amide bonds. The normalized spacial score (nSPS) is 10.6. The molecule has 5 heteroatoms. The fourth-order valence-electron chi connectivity index (χ4n) is 3.18. The molecule has 0 saturated carbocycles. The number of para-hydroxylation sites is 2. The number of amides is 2. The number of ether oxygens (including phenoxy) is 1. The van der Waals surface area contributed by atoms with Gasteiger partial charge in [0.25, 0.3) is 0 Å². The number of carbonyl (C=O) groups is 1. The first-order chi connectivity index (χ1) is 13.7.